The lowest BCUT2D eigenvalue weighted by Gasteiger charge is -2.34. The molecule has 2 unspecified atom stereocenters. The van der Waals surface area contributed by atoms with Crippen molar-refractivity contribution in [1.29, 1.82) is 0 Å². The van der Waals surface area contributed by atoms with E-state index in [1.54, 1.807) is 0 Å². The zero-order valence-electron chi connectivity index (χ0n) is 11.5. The van der Waals surface area contributed by atoms with E-state index in [0.29, 0.717) is 0 Å². The Morgan fingerprint density at radius 3 is 2.11 bits per heavy atom. The summed E-state index contributed by atoms with van der Waals surface area (Å²) in [5, 5.41) is 20.2. The second kappa shape index (κ2) is 6.04. The van der Waals surface area contributed by atoms with Crippen molar-refractivity contribution in [3.63, 3.8) is 0 Å². The van der Waals surface area contributed by atoms with Crippen LogP contribution in [0.5, 0.6) is 0 Å². The van der Waals surface area contributed by atoms with Crippen LogP contribution in [0, 0.1) is 23.2 Å². The van der Waals surface area contributed by atoms with Crippen molar-refractivity contribution in [2.24, 2.45) is 11.3 Å². The molecule has 0 aliphatic rings. The SMILES string of the molecule is CC(C)C(O)C(C)(C)C(O)C#Cc1ccccc1. The number of benzene rings is 1. The van der Waals surface area contributed by atoms with Gasteiger partial charge in [-0.15, -0.1) is 0 Å². The molecule has 0 aliphatic heterocycles. The fourth-order valence-corrected chi connectivity index (χ4v) is 1.88. The Labute approximate surface area is 110 Å². The van der Waals surface area contributed by atoms with Crippen molar-refractivity contribution in [3.8, 4) is 11.8 Å². The highest BCUT2D eigenvalue weighted by Gasteiger charge is 2.36. The minimum Gasteiger partial charge on any atom is -0.392 e. The Morgan fingerprint density at radius 1 is 1.06 bits per heavy atom. The Balaban J connectivity index is 2.83. The van der Waals surface area contributed by atoms with Crippen molar-refractivity contribution >= 4 is 0 Å². The first-order valence-corrected chi connectivity index (χ1v) is 6.28. The van der Waals surface area contributed by atoms with Gasteiger partial charge in [0.25, 0.3) is 0 Å². The molecule has 0 saturated heterocycles. The van der Waals surface area contributed by atoms with Crippen LogP contribution in [0.25, 0.3) is 0 Å². The maximum atomic E-state index is 10.1. The molecular weight excluding hydrogens is 224 g/mol. The number of hydrogen-bond acceptors (Lipinski definition) is 2. The molecular formula is C16H22O2. The summed E-state index contributed by atoms with van der Waals surface area (Å²) in [5.74, 6) is 5.84. The second-order valence-electron chi connectivity index (χ2n) is 5.55. The normalized spacial score (nSPS) is 14.8. The average Bonchev–Trinajstić information content (AvgIpc) is 2.35. The molecule has 0 amide bonds. The minimum absolute atomic E-state index is 0.0909. The summed E-state index contributed by atoms with van der Waals surface area (Å²) in [5.41, 5.74) is 0.224. The molecule has 1 aromatic rings. The van der Waals surface area contributed by atoms with Gasteiger partial charge in [0.15, 0.2) is 0 Å². The van der Waals surface area contributed by atoms with Crippen LogP contribution in [0.2, 0.25) is 0 Å². The topological polar surface area (TPSA) is 40.5 Å². The van der Waals surface area contributed by atoms with Gasteiger partial charge in [0.05, 0.1) is 6.10 Å². The first-order valence-electron chi connectivity index (χ1n) is 6.28. The van der Waals surface area contributed by atoms with Crippen LogP contribution >= 0.6 is 0 Å². The van der Waals surface area contributed by atoms with Crippen LogP contribution in [-0.4, -0.2) is 22.4 Å². The van der Waals surface area contributed by atoms with Gasteiger partial charge in [0.2, 0.25) is 0 Å². The third kappa shape index (κ3) is 3.60. The van der Waals surface area contributed by atoms with E-state index in [4.69, 9.17) is 0 Å². The van der Waals surface area contributed by atoms with E-state index < -0.39 is 17.6 Å². The van der Waals surface area contributed by atoms with Gasteiger partial charge in [-0.25, -0.2) is 0 Å². The third-order valence-electron chi connectivity index (χ3n) is 3.23. The summed E-state index contributed by atoms with van der Waals surface area (Å²) in [6.45, 7) is 7.54. The van der Waals surface area contributed by atoms with Crippen molar-refractivity contribution in [1.82, 2.24) is 0 Å². The van der Waals surface area contributed by atoms with E-state index in [9.17, 15) is 10.2 Å². The zero-order valence-corrected chi connectivity index (χ0v) is 11.5. The molecule has 0 aliphatic carbocycles. The van der Waals surface area contributed by atoms with Gasteiger partial charge in [-0.1, -0.05) is 57.7 Å². The zero-order chi connectivity index (χ0) is 13.8. The molecule has 1 aromatic carbocycles. The Hall–Kier alpha value is -1.30. The molecule has 0 radical (unpaired) electrons. The summed E-state index contributed by atoms with van der Waals surface area (Å²) in [6.07, 6.45) is -1.44. The molecule has 18 heavy (non-hydrogen) atoms. The van der Waals surface area contributed by atoms with Crippen LogP contribution in [-0.2, 0) is 0 Å². The van der Waals surface area contributed by atoms with Crippen molar-refractivity contribution in [3.05, 3.63) is 35.9 Å². The molecule has 2 atom stereocenters. The largest absolute Gasteiger partial charge is 0.392 e. The van der Waals surface area contributed by atoms with Gasteiger partial charge in [0, 0.05) is 11.0 Å². The lowest BCUT2D eigenvalue weighted by molar-refractivity contribution is -0.0452. The number of aliphatic hydroxyl groups is 2. The first-order chi connectivity index (χ1) is 8.35. The van der Waals surface area contributed by atoms with E-state index in [1.165, 1.54) is 0 Å². The van der Waals surface area contributed by atoms with E-state index in [0.717, 1.165) is 5.56 Å². The summed E-state index contributed by atoms with van der Waals surface area (Å²) in [4.78, 5) is 0. The van der Waals surface area contributed by atoms with Crippen molar-refractivity contribution in [2.45, 2.75) is 39.9 Å². The van der Waals surface area contributed by atoms with Gasteiger partial charge in [-0.3, -0.25) is 0 Å². The van der Waals surface area contributed by atoms with Crippen LogP contribution in [0.15, 0.2) is 30.3 Å². The lowest BCUT2D eigenvalue weighted by atomic mass is 9.76. The van der Waals surface area contributed by atoms with E-state index in [2.05, 4.69) is 11.8 Å². The lowest BCUT2D eigenvalue weighted by Crippen LogP contribution is -2.42. The molecule has 0 aromatic heterocycles. The summed E-state index contributed by atoms with van der Waals surface area (Å²) in [6, 6.07) is 9.53. The molecule has 0 spiro atoms. The van der Waals surface area contributed by atoms with Gasteiger partial charge in [-0.2, -0.15) is 0 Å². The predicted octanol–water partition coefficient (Wildman–Crippen LogP) is 2.44. The maximum Gasteiger partial charge on any atom is 0.122 e. The van der Waals surface area contributed by atoms with E-state index in [1.807, 2.05) is 58.0 Å². The summed E-state index contributed by atoms with van der Waals surface area (Å²) >= 11 is 0. The van der Waals surface area contributed by atoms with E-state index >= 15 is 0 Å². The average molecular weight is 246 g/mol. The fraction of sp³-hybridized carbons (Fsp3) is 0.500. The monoisotopic (exact) mass is 246 g/mol. The third-order valence-corrected chi connectivity index (χ3v) is 3.23. The highest BCUT2D eigenvalue weighted by atomic mass is 16.3. The van der Waals surface area contributed by atoms with Crippen LogP contribution in [0.4, 0.5) is 0 Å². The molecule has 0 fully saturated rings. The highest BCUT2D eigenvalue weighted by molar-refractivity contribution is 5.34. The molecule has 2 heteroatoms. The number of rotatable bonds is 3. The highest BCUT2D eigenvalue weighted by Crippen LogP contribution is 2.29. The molecule has 0 heterocycles. The van der Waals surface area contributed by atoms with Gasteiger partial charge >= 0.3 is 0 Å². The second-order valence-corrected chi connectivity index (χ2v) is 5.55. The molecule has 0 saturated carbocycles. The van der Waals surface area contributed by atoms with Gasteiger partial charge in [0.1, 0.15) is 6.10 Å². The molecule has 1 rings (SSSR count). The summed E-state index contributed by atoms with van der Waals surface area (Å²) in [7, 11) is 0. The Morgan fingerprint density at radius 2 is 1.61 bits per heavy atom. The molecule has 0 bridgehead atoms. The van der Waals surface area contributed by atoms with Crippen LogP contribution in [0.1, 0.15) is 33.3 Å². The fourth-order valence-electron chi connectivity index (χ4n) is 1.88. The smallest absolute Gasteiger partial charge is 0.122 e. The van der Waals surface area contributed by atoms with Crippen LogP contribution in [0.3, 0.4) is 0 Å². The van der Waals surface area contributed by atoms with Crippen LogP contribution < -0.4 is 0 Å². The van der Waals surface area contributed by atoms with Gasteiger partial charge in [-0.05, 0) is 18.1 Å². The van der Waals surface area contributed by atoms with Gasteiger partial charge < -0.3 is 10.2 Å². The number of aliphatic hydroxyl groups excluding tert-OH is 2. The first kappa shape index (κ1) is 14.8. The standard InChI is InChI=1S/C16H22O2/c1-12(2)15(18)16(3,4)14(17)11-10-13-8-6-5-7-9-13/h5-9,12,14-15,17-18H,1-4H3. The molecule has 98 valence electrons. The van der Waals surface area contributed by atoms with E-state index in [-0.39, 0.29) is 5.92 Å². The minimum atomic E-state index is -0.852. The molecule has 2 N–H and O–H groups in total. The maximum absolute atomic E-state index is 10.1. The number of hydrogen-bond donors (Lipinski definition) is 2. The predicted molar refractivity (Wildman–Crippen MR) is 74.0 cm³/mol. The molecule has 2 nitrogen and oxygen atoms in total. The quantitative estimate of drug-likeness (QED) is 0.804. The summed E-state index contributed by atoms with van der Waals surface area (Å²) < 4.78 is 0. The Bertz CT molecular complexity index is 423. The Kier molecular flexibility index (Phi) is 4.95. The van der Waals surface area contributed by atoms with Crippen molar-refractivity contribution < 1.29 is 10.2 Å². The van der Waals surface area contributed by atoms with Crippen molar-refractivity contribution in [2.75, 3.05) is 0 Å².